The average Bonchev–Trinajstić information content (AvgIpc) is 2.33. The van der Waals surface area contributed by atoms with Crippen molar-refractivity contribution in [2.24, 2.45) is 11.8 Å². The van der Waals surface area contributed by atoms with Crippen molar-refractivity contribution in [2.75, 3.05) is 0 Å². The molecule has 0 aromatic heterocycles. The van der Waals surface area contributed by atoms with Crippen LogP contribution in [-0.2, 0) is 9.59 Å². The van der Waals surface area contributed by atoms with Gasteiger partial charge in [0.1, 0.15) is 11.4 Å². The second kappa shape index (κ2) is 6.36. The molecule has 0 aromatic carbocycles. The largest absolute Gasteiger partial charge is 0.545 e. The van der Waals surface area contributed by atoms with Crippen LogP contribution in [0.2, 0.25) is 0 Å². The molecule has 0 atom stereocenters. The van der Waals surface area contributed by atoms with E-state index in [2.05, 4.69) is 0 Å². The lowest BCUT2D eigenvalue weighted by molar-refractivity contribution is -0.302. The molecule has 11 heteroatoms. The van der Waals surface area contributed by atoms with Gasteiger partial charge in [-0.1, -0.05) is 13.8 Å². The summed E-state index contributed by atoms with van der Waals surface area (Å²) in [5.41, 5.74) is -7.59. The third-order valence-corrected chi connectivity index (χ3v) is 3.20. The molecule has 0 amide bonds. The van der Waals surface area contributed by atoms with Crippen LogP contribution in [0.3, 0.4) is 0 Å². The molecular weight excluding hydrogens is 348 g/mol. The van der Waals surface area contributed by atoms with Gasteiger partial charge in [-0.05, 0) is 12.3 Å². The van der Waals surface area contributed by atoms with Crippen LogP contribution >= 0.6 is 0 Å². The predicted octanol–water partition coefficient (Wildman–Crippen LogP) is 0.385. The summed E-state index contributed by atoms with van der Waals surface area (Å²) < 4.78 is 77.9. The van der Waals surface area contributed by atoms with Crippen LogP contribution in [0.5, 0.6) is 0 Å². The number of carboxylic acids is 2. The van der Waals surface area contributed by atoms with Gasteiger partial charge in [0.25, 0.3) is 0 Å². The van der Waals surface area contributed by atoms with Crippen LogP contribution in [0.4, 0.5) is 26.3 Å². The van der Waals surface area contributed by atoms with Gasteiger partial charge in [-0.2, -0.15) is 26.3 Å². The Morgan fingerprint density at radius 1 is 0.958 bits per heavy atom. The van der Waals surface area contributed by atoms with Gasteiger partial charge in [0.05, 0.1) is 11.9 Å². The van der Waals surface area contributed by atoms with E-state index in [1.807, 2.05) is 0 Å². The molecule has 1 aliphatic heterocycles. The molecule has 0 aromatic rings. The molecule has 5 nitrogen and oxygen atoms in total. The molecule has 136 valence electrons. The number of carbonyl (C=O) groups is 2. The molecule has 0 fully saturated rings. The first-order valence-corrected chi connectivity index (χ1v) is 6.50. The van der Waals surface area contributed by atoms with Gasteiger partial charge in [-0.15, -0.1) is 0 Å². The van der Waals surface area contributed by atoms with Crippen LogP contribution in [-0.4, -0.2) is 24.3 Å². The fourth-order valence-electron chi connectivity index (χ4n) is 2.40. The smallest absolute Gasteiger partial charge is 0.431 e. The number of alkyl halides is 6. The number of dihydropyridines is 1. The van der Waals surface area contributed by atoms with Gasteiger partial charge >= 0.3 is 12.4 Å². The molecule has 0 saturated carbocycles. The zero-order valence-electron chi connectivity index (χ0n) is 12.3. The molecule has 0 saturated heterocycles. The van der Waals surface area contributed by atoms with E-state index in [1.54, 1.807) is 0 Å². The van der Waals surface area contributed by atoms with Crippen molar-refractivity contribution >= 4 is 11.9 Å². The lowest BCUT2D eigenvalue weighted by atomic mass is 9.79. The fourth-order valence-corrected chi connectivity index (χ4v) is 2.40. The highest BCUT2D eigenvalue weighted by molar-refractivity contribution is 5.95. The van der Waals surface area contributed by atoms with E-state index in [9.17, 15) is 46.1 Å². The van der Waals surface area contributed by atoms with E-state index in [0.717, 1.165) is 5.32 Å². The van der Waals surface area contributed by atoms with Crippen molar-refractivity contribution in [3.05, 3.63) is 22.5 Å². The summed E-state index contributed by atoms with van der Waals surface area (Å²) in [6.07, 6.45) is -11.6. The quantitative estimate of drug-likeness (QED) is 0.733. The Kier molecular flexibility index (Phi) is 5.26. The number of allylic oxidation sites excluding steroid dienone is 2. The van der Waals surface area contributed by atoms with E-state index in [-0.39, 0.29) is 0 Å². The highest BCUT2D eigenvalue weighted by Gasteiger charge is 2.49. The van der Waals surface area contributed by atoms with E-state index in [0.29, 0.717) is 0 Å². The lowest BCUT2D eigenvalue weighted by Crippen LogP contribution is -2.47. The molecule has 0 spiro atoms. The predicted molar refractivity (Wildman–Crippen MR) is 62.3 cm³/mol. The average molecular weight is 359 g/mol. The highest BCUT2D eigenvalue weighted by Crippen LogP contribution is 2.43. The lowest BCUT2D eigenvalue weighted by Gasteiger charge is -2.36. The number of hydrogen-bond donors (Lipinski definition) is 1. The number of carbonyl (C=O) groups excluding carboxylic acids is 2. The van der Waals surface area contributed by atoms with E-state index in [1.165, 1.54) is 13.8 Å². The van der Waals surface area contributed by atoms with Gasteiger partial charge in [0.15, 0.2) is 0 Å². The molecule has 0 bridgehead atoms. The number of halogens is 6. The van der Waals surface area contributed by atoms with Gasteiger partial charge in [-0.25, -0.2) is 0 Å². The SMILES string of the molecule is CC(C)CC1C(C(=O)[O-])=C(C(F)(F)F)NC(C(F)(F)F)=C1C(=O)[O-]. The molecule has 1 N–H and O–H groups in total. The zero-order chi connectivity index (χ0) is 19.0. The normalized spacial score (nSPS) is 17.4. The summed E-state index contributed by atoms with van der Waals surface area (Å²) in [6, 6.07) is 0. The maximum atomic E-state index is 13.0. The van der Waals surface area contributed by atoms with Crippen LogP contribution in [0.1, 0.15) is 20.3 Å². The Morgan fingerprint density at radius 2 is 1.29 bits per heavy atom. The van der Waals surface area contributed by atoms with E-state index < -0.39 is 65.1 Å². The third kappa shape index (κ3) is 4.01. The zero-order valence-corrected chi connectivity index (χ0v) is 12.3. The second-order valence-electron chi connectivity index (χ2n) is 5.45. The molecule has 1 aliphatic rings. The molecular formula is C13H11F6NO4-2. The monoisotopic (exact) mass is 359 g/mol. The highest BCUT2D eigenvalue weighted by atomic mass is 19.4. The van der Waals surface area contributed by atoms with Gasteiger partial charge in [0.2, 0.25) is 0 Å². The first kappa shape index (κ1) is 19.8. The summed E-state index contributed by atoms with van der Waals surface area (Å²) in [4.78, 5) is 22.2. The first-order chi connectivity index (χ1) is 10.7. The summed E-state index contributed by atoms with van der Waals surface area (Å²) in [6.45, 7) is 2.75. The molecule has 1 rings (SSSR count). The van der Waals surface area contributed by atoms with Gasteiger partial charge in [0, 0.05) is 17.1 Å². The number of rotatable bonds is 4. The van der Waals surface area contributed by atoms with Crippen LogP contribution in [0.25, 0.3) is 0 Å². The Balaban J connectivity index is 3.78. The second-order valence-corrected chi connectivity index (χ2v) is 5.45. The molecule has 0 aliphatic carbocycles. The Morgan fingerprint density at radius 3 is 1.50 bits per heavy atom. The standard InChI is InChI=1S/C13H13F6NO4/c1-4(2)3-5-6(10(21)22)8(12(14,15)16)20-9(13(17,18)19)7(5)11(23)24/h4-5,20H,3H2,1-2H3,(H,21,22)(H,23,24)/p-2. The van der Waals surface area contributed by atoms with Gasteiger partial charge < -0.3 is 25.1 Å². The van der Waals surface area contributed by atoms with Crippen LogP contribution in [0.15, 0.2) is 22.5 Å². The Bertz CT molecular complexity index is 567. The van der Waals surface area contributed by atoms with Crippen molar-refractivity contribution in [1.82, 2.24) is 5.32 Å². The van der Waals surface area contributed by atoms with E-state index in [4.69, 9.17) is 0 Å². The summed E-state index contributed by atoms with van der Waals surface area (Å²) in [5.74, 6) is -7.63. The van der Waals surface area contributed by atoms with Crippen molar-refractivity contribution in [2.45, 2.75) is 32.6 Å². The number of hydrogen-bond acceptors (Lipinski definition) is 5. The number of aliphatic carboxylic acids is 2. The molecule has 24 heavy (non-hydrogen) atoms. The Hall–Kier alpha value is -2.20. The minimum atomic E-state index is -5.49. The van der Waals surface area contributed by atoms with Crippen molar-refractivity contribution in [1.29, 1.82) is 0 Å². The summed E-state index contributed by atoms with van der Waals surface area (Å²) in [7, 11) is 0. The number of carboxylic acid groups (broad SMARTS) is 2. The molecule has 1 heterocycles. The van der Waals surface area contributed by atoms with Crippen molar-refractivity contribution in [3.8, 4) is 0 Å². The minimum Gasteiger partial charge on any atom is -0.545 e. The minimum absolute atomic E-state index is 0.590. The Labute approximate surface area is 131 Å². The molecule has 0 radical (unpaired) electrons. The van der Waals surface area contributed by atoms with Crippen LogP contribution < -0.4 is 15.5 Å². The van der Waals surface area contributed by atoms with Gasteiger partial charge in [-0.3, -0.25) is 0 Å². The summed E-state index contributed by atoms with van der Waals surface area (Å²) >= 11 is 0. The van der Waals surface area contributed by atoms with E-state index >= 15 is 0 Å². The van der Waals surface area contributed by atoms with Crippen molar-refractivity contribution in [3.63, 3.8) is 0 Å². The number of nitrogens with one attached hydrogen (secondary N) is 1. The third-order valence-electron chi connectivity index (χ3n) is 3.20. The maximum Gasteiger partial charge on any atom is 0.431 e. The van der Waals surface area contributed by atoms with Crippen LogP contribution in [0, 0.1) is 11.8 Å². The summed E-state index contributed by atoms with van der Waals surface area (Å²) in [5, 5.41) is 23.1. The fraction of sp³-hybridized carbons (Fsp3) is 0.538. The first-order valence-electron chi connectivity index (χ1n) is 6.50. The van der Waals surface area contributed by atoms with Crippen molar-refractivity contribution < 1.29 is 46.1 Å². The topological polar surface area (TPSA) is 92.3 Å². The maximum absolute atomic E-state index is 13.0. The molecule has 0 unspecified atom stereocenters.